The van der Waals surface area contributed by atoms with Crippen LogP contribution in [-0.4, -0.2) is 52.6 Å². The zero-order valence-corrected chi connectivity index (χ0v) is 14.9. The van der Waals surface area contributed by atoms with Crippen LogP contribution in [0.25, 0.3) is 11.0 Å². The molecule has 0 saturated carbocycles. The van der Waals surface area contributed by atoms with E-state index >= 15 is 0 Å². The van der Waals surface area contributed by atoms with E-state index < -0.39 is 36.3 Å². The van der Waals surface area contributed by atoms with Gasteiger partial charge in [0.05, 0.1) is 11.7 Å². The minimum Gasteiger partial charge on any atom is -0.345 e. The maximum Gasteiger partial charge on any atom is 0.405 e. The van der Waals surface area contributed by atoms with Gasteiger partial charge in [-0.1, -0.05) is 0 Å². The van der Waals surface area contributed by atoms with Crippen LogP contribution in [0, 0.1) is 5.82 Å². The third-order valence-electron chi connectivity index (χ3n) is 3.94. The lowest BCUT2D eigenvalue weighted by Gasteiger charge is -2.31. The van der Waals surface area contributed by atoms with Crippen LogP contribution < -0.4 is 16.0 Å². The predicted octanol–water partition coefficient (Wildman–Crippen LogP) is 1.41. The van der Waals surface area contributed by atoms with Crippen molar-refractivity contribution in [1.82, 2.24) is 25.9 Å². The summed E-state index contributed by atoms with van der Waals surface area (Å²) in [5, 5.41) is 8.05. The van der Waals surface area contributed by atoms with Gasteiger partial charge in [-0.2, -0.15) is 13.2 Å². The molecule has 28 heavy (non-hydrogen) atoms. The van der Waals surface area contributed by atoms with Gasteiger partial charge in [-0.3, -0.25) is 10.1 Å². The average Bonchev–Trinajstić information content (AvgIpc) is 3.01. The normalized spacial score (nSPS) is 17.4. The summed E-state index contributed by atoms with van der Waals surface area (Å²) >= 11 is 0. The Kier molecular flexibility index (Phi) is 5.06. The topological polar surface area (TPSA) is 107 Å². The van der Waals surface area contributed by atoms with Gasteiger partial charge in [0.15, 0.2) is 6.29 Å². The van der Waals surface area contributed by atoms with E-state index in [0.717, 1.165) is 6.20 Å². The number of hydrogen-bond donors (Lipinski definition) is 4. The van der Waals surface area contributed by atoms with E-state index in [0.29, 0.717) is 22.4 Å². The van der Waals surface area contributed by atoms with Gasteiger partial charge in [-0.25, -0.2) is 19.4 Å². The smallest absolute Gasteiger partial charge is 0.345 e. The summed E-state index contributed by atoms with van der Waals surface area (Å²) in [5.74, 6) is -1.03. The van der Waals surface area contributed by atoms with Crippen LogP contribution >= 0.6 is 0 Å². The first kappa shape index (κ1) is 19.7. The van der Waals surface area contributed by atoms with Crippen LogP contribution in [0.4, 0.5) is 17.6 Å². The lowest BCUT2D eigenvalue weighted by Crippen LogP contribution is -2.61. The molecule has 1 atom stereocenters. The molecule has 3 heterocycles. The second kappa shape index (κ2) is 7.19. The first-order valence-corrected chi connectivity index (χ1v) is 8.17. The number of carbonyl (C=O) groups excluding carboxylic acids is 1. The van der Waals surface area contributed by atoms with Crippen molar-refractivity contribution in [2.24, 2.45) is 9.98 Å². The van der Waals surface area contributed by atoms with Crippen molar-refractivity contribution >= 4 is 29.1 Å². The van der Waals surface area contributed by atoms with Crippen molar-refractivity contribution in [3.05, 3.63) is 29.8 Å². The Labute approximate surface area is 156 Å². The van der Waals surface area contributed by atoms with Gasteiger partial charge in [0, 0.05) is 17.1 Å². The number of amides is 1. The van der Waals surface area contributed by atoms with E-state index in [2.05, 4.69) is 30.6 Å². The molecule has 4 N–H and O–H groups in total. The number of nitrogens with one attached hydrogen (secondary N) is 4. The third kappa shape index (κ3) is 4.44. The zero-order valence-electron chi connectivity index (χ0n) is 14.9. The van der Waals surface area contributed by atoms with Crippen LogP contribution in [0.5, 0.6) is 0 Å². The second-order valence-corrected chi connectivity index (χ2v) is 6.61. The molecule has 1 aliphatic rings. The number of amidine groups is 1. The molecular weight excluding hydrogens is 382 g/mol. The summed E-state index contributed by atoms with van der Waals surface area (Å²) < 4.78 is 50.4. The van der Waals surface area contributed by atoms with Crippen molar-refractivity contribution in [1.29, 1.82) is 0 Å². The Morgan fingerprint density at radius 3 is 2.79 bits per heavy atom. The van der Waals surface area contributed by atoms with Gasteiger partial charge >= 0.3 is 6.18 Å². The first-order chi connectivity index (χ1) is 13.0. The molecule has 8 nitrogen and oxygen atoms in total. The Bertz CT molecular complexity index is 948. The van der Waals surface area contributed by atoms with E-state index in [9.17, 15) is 22.4 Å². The van der Waals surface area contributed by atoms with Gasteiger partial charge < -0.3 is 15.6 Å². The van der Waals surface area contributed by atoms with E-state index in [1.165, 1.54) is 26.3 Å². The van der Waals surface area contributed by atoms with E-state index in [4.69, 9.17) is 0 Å². The molecule has 1 aliphatic heterocycles. The molecule has 1 unspecified atom stereocenters. The Hall–Kier alpha value is -3.02. The number of alkyl halides is 3. The number of H-pyrrole nitrogens is 1. The lowest BCUT2D eigenvalue weighted by atomic mass is 10.0. The summed E-state index contributed by atoms with van der Waals surface area (Å²) in [7, 11) is 0. The van der Waals surface area contributed by atoms with E-state index in [1.807, 2.05) is 5.32 Å². The largest absolute Gasteiger partial charge is 0.405 e. The maximum absolute atomic E-state index is 13.5. The fraction of sp³-hybridized carbons (Fsp3) is 0.375. The number of nitrogens with zero attached hydrogens (tertiary/aromatic N) is 3. The fourth-order valence-corrected chi connectivity index (χ4v) is 2.57. The number of halogens is 4. The minimum absolute atomic E-state index is 0.331. The van der Waals surface area contributed by atoms with Crippen LogP contribution in [0.3, 0.4) is 0 Å². The van der Waals surface area contributed by atoms with E-state index in [-0.39, 0.29) is 0 Å². The SMILES string of the molecule is CC(C)(NC1N=CN=C(c2c[nH]c3ncc(F)cc23)N1)C(=O)NCC(F)(F)F. The number of carbonyl (C=O) groups is 1. The lowest BCUT2D eigenvalue weighted by molar-refractivity contribution is -0.141. The fourth-order valence-electron chi connectivity index (χ4n) is 2.57. The van der Waals surface area contributed by atoms with Crippen LogP contribution in [0.15, 0.2) is 28.4 Å². The highest BCUT2D eigenvalue weighted by atomic mass is 19.4. The van der Waals surface area contributed by atoms with Crippen molar-refractivity contribution in [2.45, 2.75) is 31.9 Å². The molecule has 0 spiro atoms. The van der Waals surface area contributed by atoms with Crippen LogP contribution in [-0.2, 0) is 4.79 Å². The van der Waals surface area contributed by atoms with Crippen molar-refractivity contribution in [3.8, 4) is 0 Å². The number of pyridine rings is 1. The number of aromatic amines is 1. The molecule has 0 saturated heterocycles. The highest BCUT2D eigenvalue weighted by Gasteiger charge is 2.35. The molecule has 0 aliphatic carbocycles. The number of hydrogen-bond acceptors (Lipinski definition) is 6. The molecule has 0 aromatic carbocycles. The second-order valence-electron chi connectivity index (χ2n) is 6.61. The van der Waals surface area contributed by atoms with Crippen molar-refractivity contribution in [3.63, 3.8) is 0 Å². The molecule has 1 amide bonds. The van der Waals surface area contributed by atoms with Crippen molar-refractivity contribution in [2.75, 3.05) is 6.54 Å². The Morgan fingerprint density at radius 1 is 1.32 bits per heavy atom. The highest BCUT2D eigenvalue weighted by molar-refractivity contribution is 6.11. The number of rotatable bonds is 5. The zero-order chi connectivity index (χ0) is 20.5. The van der Waals surface area contributed by atoms with Gasteiger partial charge in [0.2, 0.25) is 5.91 Å². The molecule has 0 fully saturated rings. The summed E-state index contributed by atoms with van der Waals surface area (Å²) in [5.41, 5.74) is -0.379. The monoisotopic (exact) mass is 399 g/mol. The standard InChI is InChI=1S/C16H17F4N7O/c1-15(2,13(28)23-6-16(18,19)20)27-14-25-7-24-12(26-14)10-5-22-11-9(10)3-8(17)4-21-11/h3-5,7,14,27H,6H2,1-2H3,(H,21,22)(H,23,28)(H,24,25,26). The van der Waals surface area contributed by atoms with Gasteiger partial charge in [0.1, 0.15) is 30.2 Å². The van der Waals surface area contributed by atoms with Gasteiger partial charge in [-0.15, -0.1) is 0 Å². The molecule has 150 valence electrons. The molecule has 0 radical (unpaired) electrons. The quantitative estimate of drug-likeness (QED) is 0.571. The van der Waals surface area contributed by atoms with Gasteiger partial charge in [0.25, 0.3) is 0 Å². The Morgan fingerprint density at radius 2 is 2.07 bits per heavy atom. The third-order valence-corrected chi connectivity index (χ3v) is 3.94. The summed E-state index contributed by atoms with van der Waals surface area (Å²) in [6, 6.07) is 1.29. The summed E-state index contributed by atoms with van der Waals surface area (Å²) in [6.45, 7) is 1.41. The summed E-state index contributed by atoms with van der Waals surface area (Å²) in [6.07, 6.45) is -1.46. The number of fused-ring (bicyclic) bond motifs is 1. The molecule has 3 rings (SSSR count). The average molecular weight is 399 g/mol. The molecule has 12 heteroatoms. The number of aliphatic imine (C=N–C) groups is 2. The van der Waals surface area contributed by atoms with Crippen molar-refractivity contribution < 1.29 is 22.4 Å². The first-order valence-electron chi connectivity index (χ1n) is 8.17. The highest BCUT2D eigenvalue weighted by Crippen LogP contribution is 2.19. The van der Waals surface area contributed by atoms with Gasteiger partial charge in [-0.05, 0) is 19.9 Å². The maximum atomic E-state index is 13.5. The minimum atomic E-state index is -4.51. The molecule has 0 bridgehead atoms. The predicted molar refractivity (Wildman–Crippen MR) is 94.3 cm³/mol. The molecule has 2 aromatic rings. The molecular formula is C16H17F4N7O. The van der Waals surface area contributed by atoms with E-state index in [1.54, 1.807) is 6.20 Å². The summed E-state index contributed by atoms with van der Waals surface area (Å²) in [4.78, 5) is 27.0. The number of aromatic nitrogens is 2. The Balaban J connectivity index is 1.71. The van der Waals surface area contributed by atoms with Crippen LogP contribution in [0.2, 0.25) is 0 Å². The molecule has 2 aromatic heterocycles. The van der Waals surface area contributed by atoms with Crippen LogP contribution in [0.1, 0.15) is 19.4 Å².